The van der Waals surface area contributed by atoms with Gasteiger partial charge in [-0.15, -0.1) is 0 Å². The summed E-state index contributed by atoms with van der Waals surface area (Å²) >= 11 is 0. The van der Waals surface area contributed by atoms with Gasteiger partial charge in [-0.1, -0.05) is 0 Å². The standard InChI is InChI=1S/C10H10N2O/c13-10-6-3-4-11-5-7(6)8-1-2-9(10)12-8/h3-5,8-9,12H,1-2H2/t8-,9+/m0/s1. The van der Waals surface area contributed by atoms with Crippen molar-refractivity contribution in [3.05, 3.63) is 29.6 Å². The van der Waals surface area contributed by atoms with E-state index in [0.29, 0.717) is 6.04 Å². The smallest absolute Gasteiger partial charge is 0.180 e. The number of nitrogens with zero attached hydrogens (tertiary/aromatic N) is 1. The Kier molecular flexibility index (Phi) is 1.32. The molecule has 1 saturated heterocycles. The minimum atomic E-state index is 0.0694. The number of carbonyl (C=O) groups excluding carboxylic acids is 1. The van der Waals surface area contributed by atoms with Crippen molar-refractivity contribution in [2.75, 3.05) is 0 Å². The van der Waals surface area contributed by atoms with Crippen molar-refractivity contribution in [2.45, 2.75) is 24.9 Å². The maximum Gasteiger partial charge on any atom is 0.180 e. The third kappa shape index (κ3) is 0.877. The van der Waals surface area contributed by atoms with Crippen LogP contribution in [-0.4, -0.2) is 16.8 Å². The van der Waals surface area contributed by atoms with E-state index in [-0.39, 0.29) is 11.8 Å². The van der Waals surface area contributed by atoms with Crippen LogP contribution in [0.3, 0.4) is 0 Å². The maximum absolute atomic E-state index is 11.8. The molecule has 0 amide bonds. The summed E-state index contributed by atoms with van der Waals surface area (Å²) in [7, 11) is 0. The summed E-state index contributed by atoms with van der Waals surface area (Å²) in [6.07, 6.45) is 5.54. The van der Waals surface area contributed by atoms with Crippen LogP contribution in [0.1, 0.15) is 34.8 Å². The quantitative estimate of drug-likeness (QED) is 0.639. The molecule has 1 aromatic rings. The molecule has 3 nitrogen and oxygen atoms in total. The summed E-state index contributed by atoms with van der Waals surface area (Å²) in [6, 6.07) is 2.27. The van der Waals surface area contributed by atoms with E-state index in [2.05, 4.69) is 10.3 Å². The molecule has 3 rings (SSSR count). The van der Waals surface area contributed by atoms with Gasteiger partial charge in [0, 0.05) is 24.0 Å². The van der Waals surface area contributed by atoms with E-state index in [1.165, 1.54) is 0 Å². The van der Waals surface area contributed by atoms with Gasteiger partial charge in [0.2, 0.25) is 0 Å². The Morgan fingerprint density at radius 1 is 1.38 bits per heavy atom. The molecule has 1 N–H and O–H groups in total. The van der Waals surface area contributed by atoms with E-state index in [1.54, 1.807) is 6.20 Å². The van der Waals surface area contributed by atoms with Crippen LogP contribution < -0.4 is 5.32 Å². The minimum absolute atomic E-state index is 0.0694. The minimum Gasteiger partial charge on any atom is -0.300 e. The van der Waals surface area contributed by atoms with Gasteiger partial charge in [0.1, 0.15) is 0 Å². The first kappa shape index (κ1) is 7.21. The van der Waals surface area contributed by atoms with Gasteiger partial charge in [0.25, 0.3) is 0 Å². The molecular formula is C10H10N2O. The Bertz CT molecular complexity index is 375. The van der Waals surface area contributed by atoms with Crippen molar-refractivity contribution in [1.29, 1.82) is 0 Å². The molecule has 2 aliphatic heterocycles. The van der Waals surface area contributed by atoms with Crippen molar-refractivity contribution in [2.24, 2.45) is 0 Å². The molecule has 3 heterocycles. The second kappa shape index (κ2) is 2.39. The van der Waals surface area contributed by atoms with Gasteiger partial charge in [-0.3, -0.25) is 9.78 Å². The monoisotopic (exact) mass is 174 g/mol. The summed E-state index contributed by atoms with van der Waals surface area (Å²) in [6.45, 7) is 0. The van der Waals surface area contributed by atoms with Crippen LogP contribution in [0.4, 0.5) is 0 Å². The molecule has 0 saturated carbocycles. The molecule has 0 spiro atoms. The lowest BCUT2D eigenvalue weighted by atomic mass is 9.96. The van der Waals surface area contributed by atoms with Gasteiger partial charge in [-0.2, -0.15) is 0 Å². The number of rotatable bonds is 0. The number of aromatic nitrogens is 1. The first-order chi connectivity index (χ1) is 6.36. The van der Waals surface area contributed by atoms with E-state index < -0.39 is 0 Å². The molecule has 66 valence electrons. The molecule has 0 aromatic carbocycles. The van der Waals surface area contributed by atoms with Crippen LogP contribution >= 0.6 is 0 Å². The van der Waals surface area contributed by atoms with Crippen molar-refractivity contribution in [3.63, 3.8) is 0 Å². The highest BCUT2D eigenvalue weighted by molar-refractivity contribution is 6.02. The Balaban J connectivity index is 2.22. The number of fused-ring (bicyclic) bond motifs is 4. The number of pyridine rings is 1. The first-order valence-corrected chi connectivity index (χ1v) is 4.60. The number of carbonyl (C=O) groups is 1. The van der Waals surface area contributed by atoms with Gasteiger partial charge >= 0.3 is 0 Å². The molecule has 0 unspecified atom stereocenters. The van der Waals surface area contributed by atoms with Crippen molar-refractivity contribution < 1.29 is 4.79 Å². The van der Waals surface area contributed by atoms with E-state index in [4.69, 9.17) is 0 Å². The van der Waals surface area contributed by atoms with Crippen LogP contribution in [0.25, 0.3) is 0 Å². The van der Waals surface area contributed by atoms with E-state index >= 15 is 0 Å². The Labute approximate surface area is 76.2 Å². The number of hydrogen-bond acceptors (Lipinski definition) is 3. The van der Waals surface area contributed by atoms with Crippen molar-refractivity contribution in [3.8, 4) is 0 Å². The Morgan fingerprint density at radius 2 is 2.23 bits per heavy atom. The van der Waals surface area contributed by atoms with Crippen molar-refractivity contribution >= 4 is 5.78 Å². The number of ketones is 1. The van der Waals surface area contributed by atoms with Gasteiger partial charge in [-0.05, 0) is 24.5 Å². The number of Topliss-reactive ketones (excluding diaryl/α,β-unsaturated/α-hetero) is 1. The Hall–Kier alpha value is -1.22. The summed E-state index contributed by atoms with van der Waals surface area (Å²) < 4.78 is 0. The molecule has 3 heteroatoms. The van der Waals surface area contributed by atoms with Gasteiger partial charge in [0.15, 0.2) is 5.78 Å². The zero-order valence-corrected chi connectivity index (χ0v) is 7.16. The third-order valence-electron chi connectivity index (χ3n) is 2.96. The molecule has 13 heavy (non-hydrogen) atoms. The highest BCUT2D eigenvalue weighted by Crippen LogP contribution is 2.34. The molecule has 0 aliphatic carbocycles. The molecule has 2 bridgehead atoms. The van der Waals surface area contributed by atoms with Gasteiger partial charge in [-0.25, -0.2) is 0 Å². The predicted molar refractivity (Wildman–Crippen MR) is 47.5 cm³/mol. The fraction of sp³-hybridized carbons (Fsp3) is 0.400. The fourth-order valence-electron chi connectivity index (χ4n) is 2.29. The lowest BCUT2D eigenvalue weighted by Gasteiger charge is -2.22. The first-order valence-electron chi connectivity index (χ1n) is 4.60. The average Bonchev–Trinajstić information content (AvgIpc) is 2.61. The van der Waals surface area contributed by atoms with Crippen molar-refractivity contribution in [1.82, 2.24) is 10.3 Å². The highest BCUT2D eigenvalue weighted by atomic mass is 16.1. The van der Waals surface area contributed by atoms with Crippen LogP contribution in [0.2, 0.25) is 0 Å². The largest absolute Gasteiger partial charge is 0.300 e. The molecule has 2 aliphatic rings. The van der Waals surface area contributed by atoms with E-state index in [9.17, 15) is 4.79 Å². The number of hydrogen-bond donors (Lipinski definition) is 1. The molecular weight excluding hydrogens is 164 g/mol. The lowest BCUT2D eigenvalue weighted by Crippen LogP contribution is -2.37. The second-order valence-electron chi connectivity index (χ2n) is 3.68. The zero-order valence-electron chi connectivity index (χ0n) is 7.16. The Morgan fingerprint density at radius 3 is 3.15 bits per heavy atom. The SMILES string of the molecule is O=C1c2ccncc2[C@@H]2CC[C@H]1N2. The van der Waals surface area contributed by atoms with Crippen LogP contribution in [0.15, 0.2) is 18.5 Å². The predicted octanol–water partition coefficient (Wildman–Crippen LogP) is 1.07. The summed E-state index contributed by atoms with van der Waals surface area (Å²) in [4.78, 5) is 15.8. The summed E-state index contributed by atoms with van der Waals surface area (Å²) in [5, 5.41) is 3.31. The topological polar surface area (TPSA) is 42.0 Å². The lowest BCUT2D eigenvalue weighted by molar-refractivity contribution is 0.0940. The average molecular weight is 174 g/mol. The molecule has 0 radical (unpaired) electrons. The fourth-order valence-corrected chi connectivity index (χ4v) is 2.29. The summed E-state index contributed by atoms with van der Waals surface area (Å²) in [5.41, 5.74) is 1.96. The summed E-state index contributed by atoms with van der Waals surface area (Å²) in [5.74, 6) is 0.242. The number of nitrogens with one attached hydrogen (secondary N) is 1. The van der Waals surface area contributed by atoms with E-state index in [1.807, 2.05) is 12.3 Å². The maximum atomic E-state index is 11.8. The zero-order chi connectivity index (χ0) is 8.84. The van der Waals surface area contributed by atoms with E-state index in [0.717, 1.165) is 24.0 Å². The normalized spacial score (nSPS) is 30.3. The molecule has 1 aromatic heterocycles. The van der Waals surface area contributed by atoms with Crippen LogP contribution in [0.5, 0.6) is 0 Å². The highest BCUT2D eigenvalue weighted by Gasteiger charge is 2.37. The van der Waals surface area contributed by atoms with Gasteiger partial charge < -0.3 is 5.32 Å². The van der Waals surface area contributed by atoms with Crippen LogP contribution in [-0.2, 0) is 0 Å². The second-order valence-corrected chi connectivity index (χ2v) is 3.68. The molecule has 1 fully saturated rings. The van der Waals surface area contributed by atoms with Gasteiger partial charge in [0.05, 0.1) is 6.04 Å². The third-order valence-corrected chi connectivity index (χ3v) is 2.96. The van der Waals surface area contributed by atoms with Crippen LogP contribution in [0, 0.1) is 0 Å². The molecule has 2 atom stereocenters.